The first-order valence-electron chi connectivity index (χ1n) is 4.39. The van der Waals surface area contributed by atoms with Crippen molar-refractivity contribution in [3.05, 3.63) is 29.8 Å². The number of amides is 1. The highest BCUT2D eigenvalue weighted by Gasteiger charge is 2.25. The first-order valence-corrected chi connectivity index (χ1v) is 4.39. The lowest BCUT2D eigenvalue weighted by Gasteiger charge is -2.22. The van der Waals surface area contributed by atoms with Gasteiger partial charge in [-0.25, -0.2) is 13.6 Å². The highest BCUT2D eigenvalue weighted by molar-refractivity contribution is 5.87. The number of rotatable bonds is 4. The largest absolute Gasteiger partial charge is 0.480 e. The Morgan fingerprint density at radius 1 is 1.44 bits per heavy atom. The van der Waals surface area contributed by atoms with Gasteiger partial charge in [0.2, 0.25) is 6.41 Å². The molecule has 0 spiro atoms. The monoisotopic (exact) mass is 229 g/mol. The summed E-state index contributed by atoms with van der Waals surface area (Å²) >= 11 is 0. The molecule has 0 aromatic heterocycles. The van der Waals surface area contributed by atoms with Crippen LogP contribution in [0, 0.1) is 11.6 Å². The number of carboxylic acids is 1. The van der Waals surface area contributed by atoms with Crippen LogP contribution in [0.15, 0.2) is 18.2 Å². The fourth-order valence-electron chi connectivity index (χ4n) is 1.19. The first kappa shape index (κ1) is 12.1. The van der Waals surface area contributed by atoms with Crippen LogP contribution in [0.2, 0.25) is 0 Å². The Morgan fingerprint density at radius 3 is 2.31 bits per heavy atom. The predicted molar refractivity (Wildman–Crippen MR) is 52.0 cm³/mol. The molecule has 1 atom stereocenters. The predicted octanol–water partition coefficient (Wildman–Crippen LogP) is 1.40. The second-order valence-corrected chi connectivity index (χ2v) is 3.10. The van der Waals surface area contributed by atoms with Crippen molar-refractivity contribution in [2.24, 2.45) is 0 Å². The molecule has 0 aliphatic rings. The Labute approximate surface area is 90.1 Å². The van der Waals surface area contributed by atoms with Gasteiger partial charge in [-0.05, 0) is 19.1 Å². The third-order valence-electron chi connectivity index (χ3n) is 2.08. The van der Waals surface area contributed by atoms with E-state index in [0.29, 0.717) is 4.90 Å². The normalized spacial score (nSPS) is 11.9. The smallest absolute Gasteiger partial charge is 0.326 e. The summed E-state index contributed by atoms with van der Waals surface area (Å²) in [4.78, 5) is 21.8. The number of carbonyl (C=O) groups is 2. The van der Waals surface area contributed by atoms with E-state index in [1.54, 1.807) is 0 Å². The Morgan fingerprint density at radius 2 is 1.94 bits per heavy atom. The van der Waals surface area contributed by atoms with Crippen molar-refractivity contribution in [1.82, 2.24) is 0 Å². The van der Waals surface area contributed by atoms with Gasteiger partial charge < -0.3 is 5.11 Å². The minimum absolute atomic E-state index is 0.0836. The van der Waals surface area contributed by atoms with E-state index in [2.05, 4.69) is 0 Å². The summed E-state index contributed by atoms with van der Waals surface area (Å²) in [5.41, 5.74) is -0.660. The minimum atomic E-state index is -1.35. The van der Waals surface area contributed by atoms with Crippen LogP contribution in [-0.2, 0) is 9.59 Å². The van der Waals surface area contributed by atoms with Crippen molar-refractivity contribution in [1.29, 1.82) is 0 Å². The molecule has 0 bridgehead atoms. The van der Waals surface area contributed by atoms with Crippen molar-refractivity contribution in [3.8, 4) is 0 Å². The van der Waals surface area contributed by atoms with Crippen LogP contribution in [0.5, 0.6) is 0 Å². The lowest BCUT2D eigenvalue weighted by atomic mass is 10.2. The van der Waals surface area contributed by atoms with Crippen LogP contribution >= 0.6 is 0 Å². The van der Waals surface area contributed by atoms with Crippen LogP contribution in [0.3, 0.4) is 0 Å². The van der Waals surface area contributed by atoms with Gasteiger partial charge in [-0.1, -0.05) is 6.07 Å². The molecule has 1 amide bonds. The summed E-state index contributed by atoms with van der Waals surface area (Å²) in [6.07, 6.45) is 0.0836. The molecule has 0 aliphatic heterocycles. The number of carbonyl (C=O) groups excluding carboxylic acids is 1. The number of hydrogen-bond acceptors (Lipinski definition) is 2. The zero-order chi connectivity index (χ0) is 12.3. The summed E-state index contributed by atoms with van der Waals surface area (Å²) in [6, 6.07) is 1.68. The van der Waals surface area contributed by atoms with E-state index in [1.807, 2.05) is 0 Å². The second kappa shape index (κ2) is 4.69. The average molecular weight is 229 g/mol. The zero-order valence-electron chi connectivity index (χ0n) is 8.35. The molecule has 0 heterocycles. The number of hydrogen-bond donors (Lipinski definition) is 1. The Balaban J connectivity index is 3.23. The van der Waals surface area contributed by atoms with Gasteiger partial charge in [0.1, 0.15) is 23.4 Å². The molecule has 1 aromatic rings. The lowest BCUT2D eigenvalue weighted by Crippen LogP contribution is -2.39. The minimum Gasteiger partial charge on any atom is -0.480 e. The van der Waals surface area contributed by atoms with E-state index in [-0.39, 0.29) is 6.41 Å². The fourth-order valence-corrected chi connectivity index (χ4v) is 1.19. The van der Waals surface area contributed by atoms with Crippen LogP contribution in [0.4, 0.5) is 14.5 Å². The molecule has 0 aliphatic carbocycles. The van der Waals surface area contributed by atoms with Crippen molar-refractivity contribution in [2.45, 2.75) is 13.0 Å². The standard InChI is InChI=1S/C10H9F2NO3/c1-6(10(15)16)13(5-14)9-7(11)3-2-4-8(9)12/h2-6H,1H3,(H,15,16). The number of halogens is 2. The zero-order valence-corrected chi connectivity index (χ0v) is 8.35. The maximum atomic E-state index is 13.3. The molecule has 16 heavy (non-hydrogen) atoms. The van der Waals surface area contributed by atoms with E-state index in [1.165, 1.54) is 0 Å². The third kappa shape index (κ3) is 2.16. The topological polar surface area (TPSA) is 57.6 Å². The summed E-state index contributed by atoms with van der Waals surface area (Å²) < 4.78 is 26.6. The molecule has 1 rings (SSSR count). The molecule has 1 N–H and O–H groups in total. The van der Waals surface area contributed by atoms with Gasteiger partial charge in [0.15, 0.2) is 0 Å². The molecule has 1 aromatic carbocycles. The van der Waals surface area contributed by atoms with E-state index >= 15 is 0 Å². The van der Waals surface area contributed by atoms with Gasteiger partial charge >= 0.3 is 5.97 Å². The molecule has 0 radical (unpaired) electrons. The van der Waals surface area contributed by atoms with Crippen LogP contribution < -0.4 is 4.90 Å². The number of carboxylic acid groups (broad SMARTS) is 1. The molecule has 0 fully saturated rings. The molecular formula is C10H9F2NO3. The van der Waals surface area contributed by atoms with Crippen molar-refractivity contribution in [3.63, 3.8) is 0 Å². The number of nitrogens with zero attached hydrogens (tertiary/aromatic N) is 1. The molecule has 0 saturated carbocycles. The second-order valence-electron chi connectivity index (χ2n) is 3.10. The van der Waals surface area contributed by atoms with Gasteiger partial charge in [-0.3, -0.25) is 9.69 Å². The van der Waals surface area contributed by atoms with Crippen molar-refractivity contribution >= 4 is 18.1 Å². The average Bonchev–Trinajstić information content (AvgIpc) is 2.22. The molecule has 86 valence electrons. The third-order valence-corrected chi connectivity index (χ3v) is 2.08. The van der Waals surface area contributed by atoms with Crippen LogP contribution in [0.1, 0.15) is 6.92 Å². The van der Waals surface area contributed by atoms with Gasteiger partial charge in [0.25, 0.3) is 0 Å². The number of aliphatic carboxylic acids is 1. The van der Waals surface area contributed by atoms with Crippen LogP contribution in [-0.4, -0.2) is 23.5 Å². The Bertz CT molecular complexity index is 402. The van der Waals surface area contributed by atoms with Crippen molar-refractivity contribution < 1.29 is 23.5 Å². The van der Waals surface area contributed by atoms with E-state index in [4.69, 9.17) is 5.11 Å². The number of para-hydroxylation sites is 1. The van der Waals surface area contributed by atoms with Gasteiger partial charge in [-0.15, -0.1) is 0 Å². The molecule has 1 unspecified atom stereocenters. The van der Waals surface area contributed by atoms with Gasteiger partial charge in [0, 0.05) is 0 Å². The summed E-state index contributed by atoms with van der Waals surface area (Å²) in [5, 5.41) is 8.68. The van der Waals surface area contributed by atoms with Crippen LogP contribution in [0.25, 0.3) is 0 Å². The van der Waals surface area contributed by atoms with Gasteiger partial charge in [0.05, 0.1) is 0 Å². The summed E-state index contributed by atoms with van der Waals surface area (Å²) in [7, 11) is 0. The van der Waals surface area contributed by atoms with Gasteiger partial charge in [-0.2, -0.15) is 0 Å². The molecule has 4 nitrogen and oxygen atoms in total. The summed E-state index contributed by atoms with van der Waals surface area (Å²) in [5.74, 6) is -3.32. The van der Waals surface area contributed by atoms with E-state index in [9.17, 15) is 18.4 Å². The van der Waals surface area contributed by atoms with Crippen molar-refractivity contribution in [2.75, 3.05) is 4.90 Å². The Hall–Kier alpha value is -1.98. The Kier molecular flexibility index (Phi) is 3.55. The highest BCUT2D eigenvalue weighted by Crippen LogP contribution is 2.23. The maximum Gasteiger partial charge on any atom is 0.326 e. The molecule has 6 heteroatoms. The summed E-state index contributed by atoms with van der Waals surface area (Å²) in [6.45, 7) is 1.16. The highest BCUT2D eigenvalue weighted by atomic mass is 19.1. The fraction of sp³-hybridized carbons (Fsp3) is 0.200. The number of anilines is 1. The SMILES string of the molecule is CC(C(=O)O)N(C=O)c1c(F)cccc1F. The lowest BCUT2D eigenvalue weighted by molar-refractivity contribution is -0.138. The van der Waals surface area contributed by atoms with E-state index in [0.717, 1.165) is 25.1 Å². The molecule has 0 saturated heterocycles. The quantitative estimate of drug-likeness (QED) is 0.794. The van der Waals surface area contributed by atoms with E-state index < -0.39 is 29.3 Å². The first-order chi connectivity index (χ1) is 7.49. The maximum absolute atomic E-state index is 13.3. The molecular weight excluding hydrogens is 220 g/mol. The number of benzene rings is 1.